The van der Waals surface area contributed by atoms with Gasteiger partial charge in [-0.2, -0.15) is 13.2 Å². The van der Waals surface area contributed by atoms with E-state index in [2.05, 4.69) is 10.3 Å². The lowest BCUT2D eigenvalue weighted by Gasteiger charge is -2.10. The molecule has 0 spiro atoms. The normalized spacial score (nSPS) is 16.1. The molecule has 0 radical (unpaired) electrons. The minimum Gasteiger partial charge on any atom is -0.480 e. The van der Waals surface area contributed by atoms with Crippen LogP contribution >= 0.6 is 35.3 Å². The fourth-order valence-electron chi connectivity index (χ4n) is 2.21. The van der Waals surface area contributed by atoms with Gasteiger partial charge in [0.05, 0.1) is 16.2 Å². The molecule has 1 aromatic carbocycles. The molecule has 0 saturated carbocycles. The smallest absolute Gasteiger partial charge is 0.416 e. The van der Waals surface area contributed by atoms with Crippen LogP contribution in [0.5, 0.6) is 0 Å². The van der Waals surface area contributed by atoms with Crippen molar-refractivity contribution in [1.29, 1.82) is 0 Å². The summed E-state index contributed by atoms with van der Waals surface area (Å²) in [5, 5.41) is 13.6. The van der Waals surface area contributed by atoms with E-state index in [1.807, 2.05) is 0 Å². The lowest BCUT2D eigenvalue weighted by atomic mass is 10.2. The van der Waals surface area contributed by atoms with Crippen LogP contribution in [-0.4, -0.2) is 37.7 Å². The Labute approximate surface area is 170 Å². The van der Waals surface area contributed by atoms with Gasteiger partial charge < -0.3 is 10.4 Å². The van der Waals surface area contributed by atoms with Gasteiger partial charge in [0.1, 0.15) is 10.9 Å². The van der Waals surface area contributed by atoms with Crippen molar-refractivity contribution < 1.29 is 27.9 Å². The van der Waals surface area contributed by atoms with Gasteiger partial charge >= 0.3 is 12.1 Å². The number of hydrogen-bond donors (Lipinski definition) is 2. The summed E-state index contributed by atoms with van der Waals surface area (Å²) in [5.74, 6) is -1.71. The largest absolute Gasteiger partial charge is 0.480 e. The predicted molar refractivity (Wildman–Crippen MR) is 104 cm³/mol. The molecular formula is C16H10F3N3O3S3. The maximum Gasteiger partial charge on any atom is 0.416 e. The van der Waals surface area contributed by atoms with E-state index in [9.17, 15) is 22.8 Å². The van der Waals surface area contributed by atoms with Crippen LogP contribution in [0.15, 0.2) is 34.6 Å². The first kappa shape index (κ1) is 20.3. The summed E-state index contributed by atoms with van der Waals surface area (Å²) in [4.78, 5) is 28.4. The second kappa shape index (κ2) is 7.89. The van der Waals surface area contributed by atoms with E-state index >= 15 is 0 Å². The number of thioether (sulfide) groups is 1. The highest BCUT2D eigenvalue weighted by Gasteiger charge is 2.33. The second-order valence-corrected chi connectivity index (χ2v) is 7.98. The van der Waals surface area contributed by atoms with E-state index < -0.39 is 30.2 Å². The Morgan fingerprint density at radius 3 is 2.82 bits per heavy atom. The molecule has 2 N–H and O–H groups in total. The van der Waals surface area contributed by atoms with Crippen LogP contribution < -0.4 is 5.32 Å². The number of nitrogens with one attached hydrogen (secondary N) is 1. The summed E-state index contributed by atoms with van der Waals surface area (Å²) < 4.78 is 38.5. The Morgan fingerprint density at radius 1 is 1.39 bits per heavy atom. The van der Waals surface area contributed by atoms with Crippen molar-refractivity contribution in [2.45, 2.75) is 6.18 Å². The zero-order valence-corrected chi connectivity index (χ0v) is 16.1. The van der Waals surface area contributed by atoms with Gasteiger partial charge in [0.2, 0.25) is 0 Å². The van der Waals surface area contributed by atoms with Crippen LogP contribution in [-0.2, 0) is 15.8 Å². The molecule has 1 saturated heterocycles. The van der Waals surface area contributed by atoms with E-state index in [0.717, 1.165) is 40.1 Å². The maximum atomic E-state index is 12.8. The number of halogens is 3. The predicted octanol–water partition coefficient (Wildman–Crippen LogP) is 4.19. The molecule has 2 heterocycles. The standard InChI is InChI=1S/C16H10F3N3O3S3/c17-16(18,19)8-2-1-3-9(4-8)20-14-21-10(7-27-14)5-11-13(25)22(6-12(23)24)15(26)28-11/h1-5,7H,6H2,(H,20,21)(H,23,24). The third-order valence-corrected chi connectivity index (χ3v) is 5.56. The number of anilines is 2. The fourth-order valence-corrected chi connectivity index (χ4v) is 4.14. The first-order valence-corrected chi connectivity index (χ1v) is 9.61. The Morgan fingerprint density at radius 2 is 2.14 bits per heavy atom. The number of amides is 1. The van der Waals surface area contributed by atoms with Gasteiger partial charge in [-0.3, -0.25) is 14.5 Å². The van der Waals surface area contributed by atoms with Gasteiger partial charge in [0.15, 0.2) is 5.13 Å². The van der Waals surface area contributed by atoms with Gasteiger partial charge in [0.25, 0.3) is 5.91 Å². The van der Waals surface area contributed by atoms with E-state index in [1.165, 1.54) is 18.2 Å². The van der Waals surface area contributed by atoms with Crippen molar-refractivity contribution in [3.63, 3.8) is 0 Å². The Balaban J connectivity index is 1.75. The summed E-state index contributed by atoms with van der Waals surface area (Å²) in [6.45, 7) is -0.526. The molecule has 146 valence electrons. The highest BCUT2D eigenvalue weighted by Crippen LogP contribution is 2.34. The van der Waals surface area contributed by atoms with Crippen molar-refractivity contribution in [2.24, 2.45) is 0 Å². The zero-order chi connectivity index (χ0) is 20.5. The number of benzene rings is 1. The van der Waals surface area contributed by atoms with Crippen molar-refractivity contribution in [2.75, 3.05) is 11.9 Å². The molecule has 1 fully saturated rings. The number of aromatic nitrogens is 1. The van der Waals surface area contributed by atoms with Crippen molar-refractivity contribution >= 4 is 68.4 Å². The summed E-state index contributed by atoms with van der Waals surface area (Å²) >= 11 is 7.11. The molecule has 28 heavy (non-hydrogen) atoms. The van der Waals surface area contributed by atoms with E-state index in [4.69, 9.17) is 17.3 Å². The van der Waals surface area contributed by atoms with Crippen molar-refractivity contribution in [1.82, 2.24) is 9.88 Å². The molecule has 1 aromatic heterocycles. The number of carbonyl (C=O) groups excluding carboxylic acids is 1. The zero-order valence-electron chi connectivity index (χ0n) is 13.7. The first-order valence-electron chi connectivity index (χ1n) is 7.50. The minimum atomic E-state index is -4.45. The van der Waals surface area contributed by atoms with Crippen LogP contribution in [0.4, 0.5) is 24.0 Å². The average molecular weight is 445 g/mol. The van der Waals surface area contributed by atoms with Gasteiger partial charge in [-0.05, 0) is 24.3 Å². The molecule has 1 aliphatic rings. The van der Waals surface area contributed by atoms with E-state index in [-0.39, 0.29) is 14.9 Å². The monoisotopic (exact) mass is 445 g/mol. The van der Waals surface area contributed by atoms with Gasteiger partial charge in [-0.15, -0.1) is 11.3 Å². The topological polar surface area (TPSA) is 82.5 Å². The molecular weight excluding hydrogens is 435 g/mol. The molecule has 2 aromatic rings. The highest BCUT2D eigenvalue weighted by molar-refractivity contribution is 8.26. The maximum absolute atomic E-state index is 12.8. The van der Waals surface area contributed by atoms with Crippen molar-refractivity contribution in [3.05, 3.63) is 45.8 Å². The molecule has 1 aliphatic heterocycles. The molecule has 12 heteroatoms. The highest BCUT2D eigenvalue weighted by atomic mass is 32.2. The molecule has 0 bridgehead atoms. The Kier molecular flexibility index (Phi) is 5.72. The number of carboxylic acid groups (broad SMARTS) is 1. The number of thiocarbonyl (C=S) groups is 1. The van der Waals surface area contributed by atoms with Crippen LogP contribution in [0.3, 0.4) is 0 Å². The van der Waals surface area contributed by atoms with Gasteiger partial charge in [0, 0.05) is 11.1 Å². The van der Waals surface area contributed by atoms with E-state index in [1.54, 1.807) is 5.38 Å². The van der Waals surface area contributed by atoms with Crippen LogP contribution in [0, 0.1) is 0 Å². The van der Waals surface area contributed by atoms with E-state index in [0.29, 0.717) is 10.8 Å². The number of alkyl halides is 3. The lowest BCUT2D eigenvalue weighted by Crippen LogP contribution is -2.33. The van der Waals surface area contributed by atoms with Crippen LogP contribution in [0.1, 0.15) is 11.3 Å². The average Bonchev–Trinajstić information content (AvgIpc) is 3.14. The molecule has 1 amide bonds. The summed E-state index contributed by atoms with van der Waals surface area (Å²) in [7, 11) is 0. The molecule has 0 unspecified atom stereocenters. The number of hydrogen-bond acceptors (Lipinski definition) is 7. The third-order valence-electron chi connectivity index (χ3n) is 3.41. The summed E-state index contributed by atoms with van der Waals surface area (Å²) in [6.07, 6.45) is -2.99. The molecule has 6 nitrogen and oxygen atoms in total. The number of carbonyl (C=O) groups is 2. The molecule has 0 atom stereocenters. The van der Waals surface area contributed by atoms with Crippen molar-refractivity contribution in [3.8, 4) is 0 Å². The van der Waals surface area contributed by atoms with Gasteiger partial charge in [-0.25, -0.2) is 4.98 Å². The van der Waals surface area contributed by atoms with Gasteiger partial charge in [-0.1, -0.05) is 30.0 Å². The number of rotatable bonds is 5. The first-order chi connectivity index (χ1) is 13.1. The fraction of sp³-hybridized carbons (Fsp3) is 0.125. The Bertz CT molecular complexity index is 988. The summed E-state index contributed by atoms with van der Waals surface area (Å²) in [6, 6.07) is 4.70. The van der Waals surface area contributed by atoms with Crippen LogP contribution in [0.25, 0.3) is 6.08 Å². The number of nitrogens with zero attached hydrogens (tertiary/aromatic N) is 2. The quantitative estimate of drug-likeness (QED) is 0.527. The summed E-state index contributed by atoms with van der Waals surface area (Å²) in [5.41, 5.74) is -0.157. The minimum absolute atomic E-state index is 0.135. The third kappa shape index (κ3) is 4.69. The Hall–Kier alpha value is -2.44. The lowest BCUT2D eigenvalue weighted by molar-refractivity contribution is -0.140. The molecule has 0 aliphatic carbocycles. The second-order valence-electron chi connectivity index (χ2n) is 5.44. The number of aliphatic carboxylic acids is 1. The molecule has 3 rings (SSSR count). The SMILES string of the molecule is O=C(O)CN1C(=O)C(=Cc2csc(Nc3cccc(C(F)(F)F)c3)n2)SC1=S. The number of thiazole rings is 1. The number of carboxylic acids is 1. The van der Waals surface area contributed by atoms with Crippen LogP contribution in [0.2, 0.25) is 0 Å².